The number of hydrogen-bond acceptors (Lipinski definition) is 3. The van der Waals surface area contributed by atoms with Gasteiger partial charge in [-0.3, -0.25) is 4.79 Å². The van der Waals surface area contributed by atoms with Gasteiger partial charge >= 0.3 is 5.97 Å². The Morgan fingerprint density at radius 2 is 2.17 bits per heavy atom. The molecule has 0 aromatic carbocycles. The molecular formula is C12H15FN2O3. The number of halogens is 1. The molecule has 0 aliphatic carbocycles. The Kier molecular flexibility index (Phi) is 4.76. The molecule has 98 valence electrons. The molecule has 0 radical (unpaired) electrons. The first-order chi connectivity index (χ1) is 8.45. The number of carboxylic acid groups (broad SMARTS) is 1. The number of carbonyl (C=O) groups is 2. The lowest BCUT2D eigenvalue weighted by molar-refractivity contribution is -0.140. The van der Waals surface area contributed by atoms with Crippen LogP contribution in [0.2, 0.25) is 0 Å². The molecule has 1 aromatic rings. The first kappa shape index (κ1) is 14.1. The van der Waals surface area contributed by atoms with Gasteiger partial charge < -0.3 is 10.4 Å². The average Bonchev–Trinajstić information content (AvgIpc) is 2.35. The normalized spacial score (nSPS) is 13.7. The first-order valence-corrected chi connectivity index (χ1v) is 5.61. The van der Waals surface area contributed by atoms with Crippen molar-refractivity contribution in [3.8, 4) is 0 Å². The highest BCUT2D eigenvalue weighted by atomic mass is 19.1. The molecule has 0 aliphatic heterocycles. The van der Waals surface area contributed by atoms with Gasteiger partial charge in [0.05, 0.1) is 6.20 Å². The average molecular weight is 254 g/mol. The summed E-state index contributed by atoms with van der Waals surface area (Å²) in [7, 11) is 0. The second-order valence-corrected chi connectivity index (χ2v) is 4.04. The maximum absolute atomic E-state index is 12.6. The molecule has 2 atom stereocenters. The van der Waals surface area contributed by atoms with Crippen LogP contribution in [0.3, 0.4) is 0 Å². The molecule has 1 amide bonds. The van der Waals surface area contributed by atoms with Gasteiger partial charge in [0, 0.05) is 0 Å². The lowest BCUT2D eigenvalue weighted by Gasteiger charge is -2.19. The summed E-state index contributed by atoms with van der Waals surface area (Å²) < 4.78 is 12.6. The van der Waals surface area contributed by atoms with Crippen LogP contribution < -0.4 is 5.32 Å². The van der Waals surface area contributed by atoms with Gasteiger partial charge in [0.2, 0.25) is 0 Å². The molecule has 2 N–H and O–H groups in total. The highest BCUT2D eigenvalue weighted by molar-refractivity contribution is 5.94. The molecule has 5 nitrogen and oxygen atoms in total. The summed E-state index contributed by atoms with van der Waals surface area (Å²) in [5, 5.41) is 11.4. The highest BCUT2D eigenvalue weighted by Gasteiger charge is 2.26. The summed E-state index contributed by atoms with van der Waals surface area (Å²) in [5.74, 6) is -2.47. The smallest absolute Gasteiger partial charge is 0.326 e. The summed E-state index contributed by atoms with van der Waals surface area (Å²) in [6, 6.07) is 1.33. The molecule has 0 fully saturated rings. The van der Waals surface area contributed by atoms with Gasteiger partial charge in [-0.2, -0.15) is 0 Å². The summed E-state index contributed by atoms with van der Waals surface area (Å²) >= 11 is 0. The fourth-order valence-corrected chi connectivity index (χ4v) is 1.41. The van der Waals surface area contributed by atoms with Crippen molar-refractivity contribution in [1.82, 2.24) is 10.3 Å². The Bertz CT molecular complexity index is 433. The molecule has 1 aromatic heterocycles. The van der Waals surface area contributed by atoms with Crippen molar-refractivity contribution in [3.63, 3.8) is 0 Å². The molecule has 1 rings (SSSR count). The fraction of sp³-hybridized carbons (Fsp3) is 0.417. The molecule has 0 saturated carbocycles. The number of pyridine rings is 1. The van der Waals surface area contributed by atoms with Crippen LogP contribution in [0.4, 0.5) is 4.39 Å². The van der Waals surface area contributed by atoms with Crippen molar-refractivity contribution in [3.05, 3.63) is 29.8 Å². The maximum Gasteiger partial charge on any atom is 0.326 e. The van der Waals surface area contributed by atoms with E-state index in [1.54, 1.807) is 6.92 Å². The Morgan fingerprint density at radius 1 is 1.50 bits per heavy atom. The van der Waals surface area contributed by atoms with Crippen LogP contribution in [0, 0.1) is 11.7 Å². The van der Waals surface area contributed by atoms with Crippen LogP contribution in [-0.4, -0.2) is 28.0 Å². The van der Waals surface area contributed by atoms with Crippen LogP contribution >= 0.6 is 0 Å². The van der Waals surface area contributed by atoms with E-state index in [1.165, 1.54) is 6.07 Å². The number of carboxylic acids is 1. The zero-order valence-electron chi connectivity index (χ0n) is 10.2. The third-order valence-electron chi connectivity index (χ3n) is 2.73. The van der Waals surface area contributed by atoms with Crippen LogP contribution in [0.1, 0.15) is 30.8 Å². The summed E-state index contributed by atoms with van der Waals surface area (Å²) in [6.45, 7) is 3.57. The topological polar surface area (TPSA) is 79.3 Å². The van der Waals surface area contributed by atoms with Crippen LogP contribution in [0.15, 0.2) is 18.3 Å². The summed E-state index contributed by atoms with van der Waals surface area (Å²) in [6.07, 6.45) is 1.53. The number of amides is 1. The Morgan fingerprint density at radius 3 is 2.61 bits per heavy atom. The molecule has 18 heavy (non-hydrogen) atoms. The number of carbonyl (C=O) groups excluding carboxylic acids is 1. The van der Waals surface area contributed by atoms with Crippen LogP contribution in [0.25, 0.3) is 0 Å². The van der Waals surface area contributed by atoms with Crippen molar-refractivity contribution in [2.45, 2.75) is 26.3 Å². The third-order valence-corrected chi connectivity index (χ3v) is 2.73. The molecule has 1 heterocycles. The quantitative estimate of drug-likeness (QED) is 0.833. The first-order valence-electron chi connectivity index (χ1n) is 5.61. The SMILES string of the molecule is CCC(C)[C@H](NC(=O)c1ccc(F)cn1)C(=O)O. The van der Waals surface area contributed by atoms with E-state index < -0.39 is 23.7 Å². The largest absolute Gasteiger partial charge is 0.480 e. The second kappa shape index (κ2) is 6.09. The zero-order valence-corrected chi connectivity index (χ0v) is 10.2. The number of nitrogens with zero attached hydrogens (tertiary/aromatic N) is 1. The van der Waals surface area contributed by atoms with Gasteiger partial charge in [-0.05, 0) is 18.1 Å². The highest BCUT2D eigenvalue weighted by Crippen LogP contribution is 2.09. The predicted octanol–water partition coefficient (Wildman–Crippen LogP) is 1.45. The fourth-order valence-electron chi connectivity index (χ4n) is 1.41. The van der Waals surface area contributed by atoms with E-state index in [9.17, 15) is 14.0 Å². The van der Waals surface area contributed by atoms with E-state index in [0.717, 1.165) is 12.3 Å². The van der Waals surface area contributed by atoms with Crippen LogP contribution in [-0.2, 0) is 4.79 Å². The van der Waals surface area contributed by atoms with Gasteiger partial charge in [0.15, 0.2) is 0 Å². The minimum Gasteiger partial charge on any atom is -0.480 e. The third kappa shape index (κ3) is 3.51. The monoisotopic (exact) mass is 254 g/mol. The number of rotatable bonds is 5. The van der Waals surface area contributed by atoms with E-state index in [0.29, 0.717) is 6.42 Å². The molecule has 0 spiro atoms. The number of aromatic nitrogens is 1. The van der Waals surface area contributed by atoms with Gasteiger partial charge in [0.1, 0.15) is 17.6 Å². The van der Waals surface area contributed by atoms with Crippen molar-refractivity contribution in [2.75, 3.05) is 0 Å². The van der Waals surface area contributed by atoms with Gasteiger partial charge in [-0.25, -0.2) is 14.2 Å². The maximum atomic E-state index is 12.6. The van der Waals surface area contributed by atoms with Gasteiger partial charge in [0.25, 0.3) is 5.91 Å². The predicted molar refractivity (Wildman–Crippen MR) is 62.5 cm³/mol. The molecular weight excluding hydrogens is 239 g/mol. The summed E-state index contributed by atoms with van der Waals surface area (Å²) in [4.78, 5) is 26.4. The minimum absolute atomic E-state index is 0.00838. The minimum atomic E-state index is -1.10. The molecule has 1 unspecified atom stereocenters. The number of nitrogens with one attached hydrogen (secondary N) is 1. The molecule has 0 aliphatic rings. The lowest BCUT2D eigenvalue weighted by atomic mass is 9.99. The van der Waals surface area contributed by atoms with Crippen molar-refractivity contribution >= 4 is 11.9 Å². The number of hydrogen-bond donors (Lipinski definition) is 2. The van der Waals surface area contributed by atoms with Gasteiger partial charge in [-0.15, -0.1) is 0 Å². The molecule has 6 heteroatoms. The van der Waals surface area contributed by atoms with Crippen molar-refractivity contribution in [2.24, 2.45) is 5.92 Å². The van der Waals surface area contributed by atoms with Gasteiger partial charge in [-0.1, -0.05) is 20.3 Å². The summed E-state index contributed by atoms with van der Waals surface area (Å²) in [5.41, 5.74) is -0.00838. The van der Waals surface area contributed by atoms with E-state index in [-0.39, 0.29) is 11.6 Å². The van der Waals surface area contributed by atoms with E-state index in [4.69, 9.17) is 5.11 Å². The van der Waals surface area contributed by atoms with E-state index >= 15 is 0 Å². The zero-order chi connectivity index (χ0) is 13.7. The van der Waals surface area contributed by atoms with Crippen molar-refractivity contribution in [1.29, 1.82) is 0 Å². The molecule has 0 saturated heterocycles. The van der Waals surface area contributed by atoms with E-state index in [1.807, 2.05) is 6.92 Å². The Hall–Kier alpha value is -1.98. The molecule has 0 bridgehead atoms. The van der Waals surface area contributed by atoms with Crippen molar-refractivity contribution < 1.29 is 19.1 Å². The second-order valence-electron chi connectivity index (χ2n) is 4.04. The van der Waals surface area contributed by atoms with Crippen LogP contribution in [0.5, 0.6) is 0 Å². The Labute approximate surface area is 104 Å². The van der Waals surface area contributed by atoms with E-state index in [2.05, 4.69) is 10.3 Å². The number of aliphatic carboxylic acids is 1. The lowest BCUT2D eigenvalue weighted by Crippen LogP contribution is -2.45. The Balaban J connectivity index is 2.78. The standard InChI is InChI=1S/C12H15FN2O3/c1-3-7(2)10(12(17)18)15-11(16)9-5-4-8(13)6-14-9/h4-7,10H,3H2,1-2H3,(H,15,16)(H,17,18)/t7?,10-/m0/s1.